The Labute approximate surface area is 159 Å². The number of para-hydroxylation sites is 2. The first-order valence-corrected chi connectivity index (χ1v) is 9.23. The summed E-state index contributed by atoms with van der Waals surface area (Å²) in [5.74, 6) is 1.19. The predicted molar refractivity (Wildman–Crippen MR) is 104 cm³/mol. The first kappa shape index (κ1) is 17.2. The van der Waals surface area contributed by atoms with Crippen molar-refractivity contribution in [2.24, 2.45) is 0 Å². The zero-order valence-corrected chi connectivity index (χ0v) is 15.4. The molecule has 0 fully saturated rings. The maximum Gasteiger partial charge on any atom is 0.264 e. The Kier molecular flexibility index (Phi) is 4.80. The molecule has 2 heterocycles. The molecule has 8 heteroatoms. The van der Waals surface area contributed by atoms with E-state index in [2.05, 4.69) is 25.5 Å². The minimum Gasteiger partial charge on any atom is -0.484 e. The maximum atomic E-state index is 12.0. The minimum atomic E-state index is -0.276. The Bertz CT molecular complexity index is 1040. The highest BCUT2D eigenvalue weighted by Crippen LogP contribution is 2.19. The highest BCUT2D eigenvalue weighted by Gasteiger charge is 2.11. The van der Waals surface area contributed by atoms with Gasteiger partial charge >= 0.3 is 0 Å². The van der Waals surface area contributed by atoms with Crippen LogP contribution in [-0.4, -0.2) is 32.7 Å². The summed E-state index contributed by atoms with van der Waals surface area (Å²) in [6.45, 7) is 1.91. The molecule has 0 saturated heterocycles. The SMILES string of the molecule is Cc1ccc(OCC(=O)Nc2nnc(Cc3nc4ccccc4[nH]3)s2)cc1. The van der Waals surface area contributed by atoms with Crippen LogP contribution in [0.25, 0.3) is 11.0 Å². The number of fused-ring (bicyclic) bond motifs is 1. The van der Waals surface area contributed by atoms with Gasteiger partial charge in [-0.2, -0.15) is 0 Å². The third-order valence-corrected chi connectivity index (χ3v) is 4.70. The quantitative estimate of drug-likeness (QED) is 0.536. The van der Waals surface area contributed by atoms with Crippen molar-refractivity contribution < 1.29 is 9.53 Å². The Morgan fingerprint density at radius 1 is 1.15 bits per heavy atom. The fourth-order valence-corrected chi connectivity index (χ4v) is 3.31. The molecule has 4 rings (SSSR count). The van der Waals surface area contributed by atoms with Gasteiger partial charge in [0.15, 0.2) is 6.61 Å². The molecule has 27 heavy (non-hydrogen) atoms. The van der Waals surface area contributed by atoms with Crippen LogP contribution < -0.4 is 10.1 Å². The van der Waals surface area contributed by atoms with Gasteiger partial charge in [-0.1, -0.05) is 41.2 Å². The van der Waals surface area contributed by atoms with Crippen LogP contribution in [0.15, 0.2) is 48.5 Å². The Hall–Kier alpha value is -3.26. The lowest BCUT2D eigenvalue weighted by Crippen LogP contribution is -2.20. The van der Waals surface area contributed by atoms with E-state index in [1.165, 1.54) is 11.3 Å². The van der Waals surface area contributed by atoms with Gasteiger partial charge in [-0.25, -0.2) is 4.98 Å². The van der Waals surface area contributed by atoms with Crippen LogP contribution in [0.2, 0.25) is 0 Å². The smallest absolute Gasteiger partial charge is 0.264 e. The molecule has 0 radical (unpaired) electrons. The number of hydrogen-bond acceptors (Lipinski definition) is 6. The molecule has 0 bridgehead atoms. The van der Waals surface area contributed by atoms with E-state index in [-0.39, 0.29) is 12.5 Å². The monoisotopic (exact) mass is 379 g/mol. The van der Waals surface area contributed by atoms with Gasteiger partial charge in [0, 0.05) is 0 Å². The number of ether oxygens (including phenoxy) is 1. The normalized spacial score (nSPS) is 10.9. The Morgan fingerprint density at radius 3 is 2.78 bits per heavy atom. The minimum absolute atomic E-state index is 0.0818. The zero-order chi connectivity index (χ0) is 18.6. The van der Waals surface area contributed by atoms with E-state index in [1.807, 2.05) is 55.5 Å². The lowest BCUT2D eigenvalue weighted by Gasteiger charge is -2.05. The average molecular weight is 379 g/mol. The number of aryl methyl sites for hydroxylation is 1. The second-order valence-electron chi connectivity index (χ2n) is 6.03. The number of benzene rings is 2. The van der Waals surface area contributed by atoms with Gasteiger partial charge in [0.25, 0.3) is 5.91 Å². The zero-order valence-electron chi connectivity index (χ0n) is 14.6. The molecule has 2 aromatic heterocycles. The standard InChI is InChI=1S/C19H17N5O2S/c1-12-6-8-13(9-7-12)26-11-17(25)22-19-24-23-18(27-19)10-16-20-14-4-2-3-5-15(14)21-16/h2-9H,10-11H2,1H3,(H,20,21)(H,22,24,25). The molecule has 1 amide bonds. The summed E-state index contributed by atoms with van der Waals surface area (Å²) in [6, 6.07) is 15.4. The van der Waals surface area contributed by atoms with Gasteiger partial charge in [-0.3, -0.25) is 10.1 Å². The molecule has 0 unspecified atom stereocenters. The number of imidazole rings is 1. The van der Waals surface area contributed by atoms with Crippen LogP contribution in [0.4, 0.5) is 5.13 Å². The third kappa shape index (κ3) is 4.29. The molecule has 7 nitrogen and oxygen atoms in total. The Balaban J connectivity index is 1.33. The van der Waals surface area contributed by atoms with Gasteiger partial charge in [0.1, 0.15) is 16.6 Å². The second-order valence-corrected chi connectivity index (χ2v) is 7.09. The van der Waals surface area contributed by atoms with Gasteiger partial charge in [0.2, 0.25) is 5.13 Å². The molecule has 4 aromatic rings. The topological polar surface area (TPSA) is 92.8 Å². The summed E-state index contributed by atoms with van der Waals surface area (Å²) >= 11 is 1.32. The van der Waals surface area contributed by atoms with Crippen molar-refractivity contribution >= 4 is 33.4 Å². The summed E-state index contributed by atoms with van der Waals surface area (Å²) in [5, 5.41) is 12.0. The van der Waals surface area contributed by atoms with Crippen LogP contribution in [0.3, 0.4) is 0 Å². The van der Waals surface area contributed by atoms with Crippen molar-refractivity contribution in [2.45, 2.75) is 13.3 Å². The lowest BCUT2D eigenvalue weighted by atomic mass is 10.2. The number of nitrogens with zero attached hydrogens (tertiary/aromatic N) is 3. The van der Waals surface area contributed by atoms with Crippen LogP contribution in [0.1, 0.15) is 16.4 Å². The highest BCUT2D eigenvalue weighted by atomic mass is 32.1. The number of aromatic amines is 1. The first-order chi connectivity index (χ1) is 13.2. The van der Waals surface area contributed by atoms with Crippen molar-refractivity contribution in [1.82, 2.24) is 20.2 Å². The van der Waals surface area contributed by atoms with Gasteiger partial charge in [-0.05, 0) is 31.2 Å². The molecule has 136 valence electrons. The van der Waals surface area contributed by atoms with E-state index >= 15 is 0 Å². The molecule has 2 N–H and O–H groups in total. The summed E-state index contributed by atoms with van der Waals surface area (Å²) in [5.41, 5.74) is 3.04. The summed E-state index contributed by atoms with van der Waals surface area (Å²) in [7, 11) is 0. The van der Waals surface area contributed by atoms with Gasteiger partial charge < -0.3 is 9.72 Å². The molecule has 0 saturated carbocycles. The van der Waals surface area contributed by atoms with Crippen molar-refractivity contribution in [2.75, 3.05) is 11.9 Å². The molecular formula is C19H17N5O2S. The molecule has 0 atom stereocenters. The number of nitrogens with one attached hydrogen (secondary N) is 2. The van der Waals surface area contributed by atoms with Crippen molar-refractivity contribution in [1.29, 1.82) is 0 Å². The maximum absolute atomic E-state index is 12.0. The number of H-pyrrole nitrogens is 1. The predicted octanol–water partition coefficient (Wildman–Crippen LogP) is 3.33. The summed E-state index contributed by atoms with van der Waals surface area (Å²) < 4.78 is 5.46. The molecular weight excluding hydrogens is 362 g/mol. The molecule has 0 aliphatic carbocycles. The van der Waals surface area contributed by atoms with E-state index in [9.17, 15) is 4.79 Å². The van der Waals surface area contributed by atoms with E-state index in [0.717, 1.165) is 27.4 Å². The van der Waals surface area contributed by atoms with E-state index in [4.69, 9.17) is 4.74 Å². The van der Waals surface area contributed by atoms with E-state index in [0.29, 0.717) is 17.3 Å². The number of amides is 1. The Morgan fingerprint density at radius 2 is 1.96 bits per heavy atom. The summed E-state index contributed by atoms with van der Waals surface area (Å²) in [6.07, 6.45) is 0.530. The number of anilines is 1. The second kappa shape index (κ2) is 7.55. The molecule has 0 spiro atoms. The fraction of sp³-hybridized carbons (Fsp3) is 0.158. The average Bonchev–Trinajstić information content (AvgIpc) is 3.27. The largest absolute Gasteiger partial charge is 0.484 e. The molecule has 2 aromatic carbocycles. The van der Waals surface area contributed by atoms with E-state index < -0.39 is 0 Å². The van der Waals surface area contributed by atoms with Crippen LogP contribution in [0, 0.1) is 6.92 Å². The molecule has 0 aliphatic rings. The lowest BCUT2D eigenvalue weighted by molar-refractivity contribution is -0.118. The van der Waals surface area contributed by atoms with Crippen LogP contribution in [-0.2, 0) is 11.2 Å². The van der Waals surface area contributed by atoms with E-state index in [1.54, 1.807) is 0 Å². The fourth-order valence-electron chi connectivity index (χ4n) is 2.55. The first-order valence-electron chi connectivity index (χ1n) is 8.41. The number of carbonyl (C=O) groups is 1. The van der Waals surface area contributed by atoms with Crippen molar-refractivity contribution in [3.8, 4) is 5.75 Å². The number of rotatable bonds is 6. The third-order valence-electron chi connectivity index (χ3n) is 3.86. The van der Waals surface area contributed by atoms with Crippen LogP contribution >= 0.6 is 11.3 Å². The summed E-state index contributed by atoms with van der Waals surface area (Å²) in [4.78, 5) is 19.8. The highest BCUT2D eigenvalue weighted by molar-refractivity contribution is 7.15. The van der Waals surface area contributed by atoms with Crippen LogP contribution in [0.5, 0.6) is 5.75 Å². The number of carbonyl (C=O) groups excluding carboxylic acids is 1. The molecule has 0 aliphatic heterocycles. The number of aromatic nitrogens is 4. The van der Waals surface area contributed by atoms with Crippen molar-refractivity contribution in [3.63, 3.8) is 0 Å². The van der Waals surface area contributed by atoms with Gasteiger partial charge in [-0.15, -0.1) is 10.2 Å². The number of hydrogen-bond donors (Lipinski definition) is 2. The van der Waals surface area contributed by atoms with Gasteiger partial charge in [0.05, 0.1) is 17.5 Å². The van der Waals surface area contributed by atoms with Crippen molar-refractivity contribution in [3.05, 3.63) is 64.9 Å².